The Morgan fingerprint density at radius 1 is 1.12 bits per heavy atom. The van der Waals surface area contributed by atoms with Gasteiger partial charge in [0, 0.05) is 32.2 Å². The highest BCUT2D eigenvalue weighted by Gasteiger charge is 2.36. The second kappa shape index (κ2) is 6.94. The molecule has 1 atom stereocenters. The van der Waals surface area contributed by atoms with Gasteiger partial charge in [0.2, 0.25) is 5.96 Å². The standard InChI is InChI=1S/C18H26N4OS/c1-15-4-2-7-17(14-15)24(23)22-9-8-19-18(22)21-12-10-20(11-13-21)16-5-3-6-16/h2,4,7,14,16H,3,5-6,8-13H2,1H3. The third-order valence-electron chi connectivity index (χ3n) is 5.36. The van der Waals surface area contributed by atoms with Crippen LogP contribution >= 0.6 is 0 Å². The number of nitrogens with zero attached hydrogens (tertiary/aromatic N) is 4. The summed E-state index contributed by atoms with van der Waals surface area (Å²) < 4.78 is 15.0. The van der Waals surface area contributed by atoms with Gasteiger partial charge in [-0.25, -0.2) is 4.99 Å². The summed E-state index contributed by atoms with van der Waals surface area (Å²) in [5.41, 5.74) is 1.15. The van der Waals surface area contributed by atoms with Gasteiger partial charge >= 0.3 is 0 Å². The van der Waals surface area contributed by atoms with E-state index >= 15 is 0 Å². The zero-order valence-electron chi connectivity index (χ0n) is 14.4. The molecule has 1 aromatic carbocycles. The molecular formula is C18H26N4OS. The van der Waals surface area contributed by atoms with Crippen LogP contribution in [0, 0.1) is 6.92 Å². The number of piperazine rings is 1. The van der Waals surface area contributed by atoms with Gasteiger partial charge in [-0.1, -0.05) is 18.6 Å². The number of aliphatic imine (C=N–C) groups is 1. The van der Waals surface area contributed by atoms with E-state index < -0.39 is 11.4 Å². The Hall–Kier alpha value is -1.24. The first-order valence-electron chi connectivity index (χ1n) is 9.02. The van der Waals surface area contributed by atoms with Crippen molar-refractivity contribution in [3.8, 4) is 0 Å². The number of rotatable bonds is 3. The smallest absolute Gasteiger partial charge is 0.240 e. The molecular weight excluding hydrogens is 320 g/mol. The largest absolute Gasteiger partial charge is 0.588 e. The lowest BCUT2D eigenvalue weighted by Crippen LogP contribution is -2.56. The Kier molecular flexibility index (Phi) is 4.70. The van der Waals surface area contributed by atoms with Crippen LogP contribution in [0.2, 0.25) is 0 Å². The summed E-state index contributed by atoms with van der Waals surface area (Å²) in [6, 6.07) is 8.80. The molecule has 24 heavy (non-hydrogen) atoms. The molecule has 0 amide bonds. The summed E-state index contributed by atoms with van der Waals surface area (Å²) >= 11 is -1.16. The van der Waals surface area contributed by atoms with Crippen molar-refractivity contribution >= 4 is 17.3 Å². The van der Waals surface area contributed by atoms with E-state index in [0.717, 1.165) is 61.7 Å². The molecule has 3 aliphatic rings. The second-order valence-electron chi connectivity index (χ2n) is 6.96. The summed E-state index contributed by atoms with van der Waals surface area (Å²) in [5.74, 6) is 0.933. The van der Waals surface area contributed by atoms with E-state index in [1.165, 1.54) is 19.3 Å². The van der Waals surface area contributed by atoms with Crippen molar-refractivity contribution in [3.63, 3.8) is 0 Å². The van der Waals surface area contributed by atoms with Gasteiger partial charge in [-0.05, 0) is 37.5 Å². The normalized spacial score (nSPS) is 24.0. The first-order valence-corrected chi connectivity index (χ1v) is 10.1. The fourth-order valence-electron chi connectivity index (χ4n) is 3.72. The maximum Gasteiger partial charge on any atom is 0.240 e. The van der Waals surface area contributed by atoms with Crippen molar-refractivity contribution in [2.45, 2.75) is 37.1 Å². The first-order chi connectivity index (χ1) is 11.7. The molecule has 0 N–H and O–H groups in total. The molecule has 1 unspecified atom stereocenters. The minimum atomic E-state index is -1.16. The summed E-state index contributed by atoms with van der Waals surface area (Å²) in [6.45, 7) is 7.74. The highest BCUT2D eigenvalue weighted by molar-refractivity contribution is 7.89. The zero-order valence-corrected chi connectivity index (χ0v) is 15.2. The lowest BCUT2D eigenvalue weighted by molar-refractivity contribution is 0.0833. The van der Waals surface area contributed by atoms with Crippen LogP contribution in [0.1, 0.15) is 24.8 Å². The summed E-state index contributed by atoms with van der Waals surface area (Å²) in [7, 11) is 0. The SMILES string of the molecule is Cc1cccc([S+]([O-])N2CCN=C2N2CCN(C3CCC3)CC2)c1. The number of guanidine groups is 1. The van der Waals surface area contributed by atoms with Gasteiger partial charge in [0.05, 0.1) is 13.1 Å². The van der Waals surface area contributed by atoms with E-state index in [2.05, 4.69) is 14.8 Å². The Morgan fingerprint density at radius 3 is 2.58 bits per heavy atom. The molecule has 0 aromatic heterocycles. The number of benzene rings is 1. The molecule has 130 valence electrons. The van der Waals surface area contributed by atoms with Crippen LogP contribution in [0.5, 0.6) is 0 Å². The van der Waals surface area contributed by atoms with Crippen LogP contribution in [0.3, 0.4) is 0 Å². The molecule has 6 heteroatoms. The average molecular weight is 347 g/mol. The van der Waals surface area contributed by atoms with E-state index in [9.17, 15) is 4.55 Å². The maximum absolute atomic E-state index is 13.0. The van der Waals surface area contributed by atoms with Gasteiger partial charge in [0.1, 0.15) is 11.4 Å². The average Bonchev–Trinajstić information content (AvgIpc) is 3.03. The third-order valence-corrected chi connectivity index (χ3v) is 6.76. The van der Waals surface area contributed by atoms with Gasteiger partial charge in [-0.15, -0.1) is 0 Å². The monoisotopic (exact) mass is 346 g/mol. The van der Waals surface area contributed by atoms with E-state index in [4.69, 9.17) is 0 Å². The van der Waals surface area contributed by atoms with Crippen LogP contribution in [0.4, 0.5) is 0 Å². The minimum absolute atomic E-state index is 0.746. The van der Waals surface area contributed by atoms with Crippen LogP contribution in [0.25, 0.3) is 0 Å². The summed E-state index contributed by atoms with van der Waals surface area (Å²) in [5, 5.41) is 0. The van der Waals surface area contributed by atoms with Crippen molar-refractivity contribution in [2.75, 3.05) is 39.3 Å². The molecule has 2 heterocycles. The quantitative estimate of drug-likeness (QED) is 0.784. The van der Waals surface area contributed by atoms with Crippen molar-refractivity contribution < 1.29 is 4.55 Å². The molecule has 5 nitrogen and oxygen atoms in total. The molecule has 1 aromatic rings. The predicted molar refractivity (Wildman–Crippen MR) is 97.4 cm³/mol. The van der Waals surface area contributed by atoms with Gasteiger partial charge in [-0.3, -0.25) is 4.90 Å². The molecule has 0 bridgehead atoms. The number of aryl methyl sites for hydroxylation is 1. The minimum Gasteiger partial charge on any atom is -0.588 e. The first kappa shape index (κ1) is 16.2. The second-order valence-corrected chi connectivity index (χ2v) is 8.37. The molecule has 2 aliphatic heterocycles. The molecule has 1 aliphatic carbocycles. The van der Waals surface area contributed by atoms with Crippen LogP contribution < -0.4 is 0 Å². The predicted octanol–water partition coefficient (Wildman–Crippen LogP) is 1.86. The molecule has 2 fully saturated rings. The van der Waals surface area contributed by atoms with E-state index in [-0.39, 0.29) is 0 Å². The Balaban J connectivity index is 1.41. The van der Waals surface area contributed by atoms with Gasteiger partial charge in [-0.2, -0.15) is 4.31 Å². The van der Waals surface area contributed by atoms with Gasteiger partial charge < -0.3 is 9.45 Å². The van der Waals surface area contributed by atoms with Crippen molar-refractivity contribution in [1.29, 1.82) is 0 Å². The molecule has 0 spiro atoms. The molecule has 1 saturated carbocycles. The van der Waals surface area contributed by atoms with Crippen LogP contribution in [0.15, 0.2) is 34.2 Å². The molecule has 0 radical (unpaired) electrons. The maximum atomic E-state index is 13.0. The third kappa shape index (κ3) is 3.15. The van der Waals surface area contributed by atoms with Crippen molar-refractivity contribution in [3.05, 3.63) is 29.8 Å². The number of hydrogen-bond acceptors (Lipinski definition) is 5. The van der Waals surface area contributed by atoms with Crippen LogP contribution in [-0.4, -0.2) is 69.9 Å². The highest BCUT2D eigenvalue weighted by atomic mass is 32.2. The summed E-state index contributed by atoms with van der Waals surface area (Å²) in [4.78, 5) is 10.5. The molecule has 4 rings (SSSR count). The van der Waals surface area contributed by atoms with E-state index in [1.807, 2.05) is 35.5 Å². The van der Waals surface area contributed by atoms with Crippen LogP contribution in [-0.2, 0) is 11.4 Å². The number of hydrogen-bond donors (Lipinski definition) is 0. The van der Waals surface area contributed by atoms with Gasteiger partial charge in [0.25, 0.3) is 0 Å². The van der Waals surface area contributed by atoms with Gasteiger partial charge in [0.15, 0.2) is 4.90 Å². The Morgan fingerprint density at radius 2 is 1.92 bits per heavy atom. The highest BCUT2D eigenvalue weighted by Crippen LogP contribution is 2.27. The molecule has 1 saturated heterocycles. The van der Waals surface area contributed by atoms with Crippen molar-refractivity contribution in [2.24, 2.45) is 4.99 Å². The van der Waals surface area contributed by atoms with Crippen molar-refractivity contribution in [1.82, 2.24) is 14.1 Å². The Labute approximate surface area is 147 Å². The zero-order chi connectivity index (χ0) is 16.5. The lowest BCUT2D eigenvalue weighted by Gasteiger charge is -2.43. The topological polar surface area (TPSA) is 45.1 Å². The summed E-state index contributed by atoms with van der Waals surface area (Å²) in [6.07, 6.45) is 4.12. The lowest BCUT2D eigenvalue weighted by atomic mass is 9.91. The fraction of sp³-hybridized carbons (Fsp3) is 0.611. The Bertz CT molecular complexity index is 611. The van der Waals surface area contributed by atoms with E-state index in [0.29, 0.717) is 0 Å². The van der Waals surface area contributed by atoms with E-state index in [1.54, 1.807) is 0 Å². The fourth-order valence-corrected chi connectivity index (χ4v) is 5.03.